The highest BCUT2D eigenvalue weighted by Crippen LogP contribution is 2.29. The molecule has 1 aromatic carbocycles. The third-order valence-electron chi connectivity index (χ3n) is 3.08. The summed E-state index contributed by atoms with van der Waals surface area (Å²) in [6.07, 6.45) is 1.22. The Balaban J connectivity index is 2.89. The van der Waals surface area contributed by atoms with Crippen LogP contribution in [-0.2, 0) is 14.8 Å². The Bertz CT molecular complexity index is 614. The van der Waals surface area contributed by atoms with Gasteiger partial charge < -0.3 is 10.1 Å². The van der Waals surface area contributed by atoms with Crippen molar-refractivity contribution in [1.29, 1.82) is 0 Å². The number of rotatable bonds is 9. The van der Waals surface area contributed by atoms with Crippen molar-refractivity contribution < 1.29 is 17.9 Å². The Hall–Kier alpha value is -1.76. The lowest BCUT2D eigenvalue weighted by molar-refractivity contribution is -0.121. The number of benzene rings is 1. The summed E-state index contributed by atoms with van der Waals surface area (Å²) in [7, 11) is -3.51. The summed E-state index contributed by atoms with van der Waals surface area (Å²) in [6, 6.07) is 6.92. The first-order valence-electron chi connectivity index (χ1n) is 7.72. The van der Waals surface area contributed by atoms with E-state index in [0.29, 0.717) is 30.5 Å². The molecule has 0 aromatic heterocycles. The van der Waals surface area contributed by atoms with Crippen molar-refractivity contribution in [2.75, 3.05) is 30.3 Å². The molecule has 0 aliphatic rings. The largest absolute Gasteiger partial charge is 0.492 e. The summed E-state index contributed by atoms with van der Waals surface area (Å²) in [6.45, 7) is 6.92. The number of hydrogen-bond donors (Lipinski definition) is 1. The van der Waals surface area contributed by atoms with Gasteiger partial charge in [0.2, 0.25) is 15.9 Å². The van der Waals surface area contributed by atoms with Crippen LogP contribution in [0, 0.1) is 5.92 Å². The van der Waals surface area contributed by atoms with Crippen molar-refractivity contribution in [1.82, 2.24) is 5.32 Å². The zero-order chi connectivity index (χ0) is 17.5. The third-order valence-corrected chi connectivity index (χ3v) is 4.26. The van der Waals surface area contributed by atoms with Gasteiger partial charge in [0, 0.05) is 19.5 Å². The van der Waals surface area contributed by atoms with Crippen LogP contribution in [0.5, 0.6) is 5.75 Å². The SMILES string of the molecule is CCOc1ccccc1N(CCC(=O)NCC(C)C)S(C)(=O)=O. The van der Waals surface area contributed by atoms with E-state index >= 15 is 0 Å². The average molecular weight is 342 g/mol. The molecule has 0 heterocycles. The molecule has 6 nitrogen and oxygen atoms in total. The Morgan fingerprint density at radius 1 is 1.30 bits per heavy atom. The molecule has 0 atom stereocenters. The van der Waals surface area contributed by atoms with Crippen LogP contribution in [0.3, 0.4) is 0 Å². The van der Waals surface area contributed by atoms with Gasteiger partial charge in [0.25, 0.3) is 0 Å². The molecule has 0 spiro atoms. The summed E-state index contributed by atoms with van der Waals surface area (Å²) in [5.41, 5.74) is 0.452. The Morgan fingerprint density at radius 2 is 1.96 bits per heavy atom. The quantitative estimate of drug-likeness (QED) is 0.745. The van der Waals surface area contributed by atoms with Gasteiger partial charge in [-0.3, -0.25) is 9.10 Å². The molecule has 0 radical (unpaired) electrons. The third kappa shape index (κ3) is 6.48. The number of nitrogens with zero attached hydrogens (tertiary/aromatic N) is 1. The van der Waals surface area contributed by atoms with E-state index in [9.17, 15) is 13.2 Å². The van der Waals surface area contributed by atoms with Gasteiger partial charge in [-0.05, 0) is 25.0 Å². The minimum Gasteiger partial charge on any atom is -0.492 e. The molecule has 1 amide bonds. The number of sulfonamides is 1. The summed E-state index contributed by atoms with van der Waals surface area (Å²) in [4.78, 5) is 11.9. The van der Waals surface area contributed by atoms with Gasteiger partial charge in [0.05, 0.1) is 18.6 Å². The number of para-hydroxylation sites is 2. The van der Waals surface area contributed by atoms with E-state index in [1.165, 1.54) is 4.31 Å². The molecule has 0 aliphatic heterocycles. The van der Waals surface area contributed by atoms with E-state index in [0.717, 1.165) is 6.26 Å². The highest BCUT2D eigenvalue weighted by Gasteiger charge is 2.21. The summed E-state index contributed by atoms with van der Waals surface area (Å²) < 4.78 is 30.9. The van der Waals surface area contributed by atoms with Crippen molar-refractivity contribution in [3.63, 3.8) is 0 Å². The Kier molecular flexibility index (Phi) is 7.35. The minimum absolute atomic E-state index is 0.0762. The highest BCUT2D eigenvalue weighted by molar-refractivity contribution is 7.92. The molecule has 23 heavy (non-hydrogen) atoms. The van der Waals surface area contributed by atoms with Gasteiger partial charge in [-0.2, -0.15) is 0 Å². The molecule has 130 valence electrons. The number of amides is 1. The topological polar surface area (TPSA) is 75.7 Å². The van der Waals surface area contributed by atoms with Crippen molar-refractivity contribution in [3.05, 3.63) is 24.3 Å². The number of hydrogen-bond acceptors (Lipinski definition) is 4. The molecule has 0 bridgehead atoms. The van der Waals surface area contributed by atoms with Gasteiger partial charge in [-0.15, -0.1) is 0 Å². The predicted octanol–water partition coefficient (Wildman–Crippen LogP) is 2.01. The first-order valence-corrected chi connectivity index (χ1v) is 9.56. The van der Waals surface area contributed by atoms with Crippen molar-refractivity contribution in [3.8, 4) is 5.75 Å². The number of ether oxygens (including phenoxy) is 1. The number of carbonyl (C=O) groups is 1. The molecule has 1 aromatic rings. The minimum atomic E-state index is -3.51. The molecule has 0 fully saturated rings. The first-order chi connectivity index (χ1) is 10.8. The fourth-order valence-electron chi connectivity index (χ4n) is 2.02. The predicted molar refractivity (Wildman–Crippen MR) is 92.3 cm³/mol. The Morgan fingerprint density at radius 3 is 2.52 bits per heavy atom. The number of anilines is 1. The van der Waals surface area contributed by atoms with Crippen LogP contribution >= 0.6 is 0 Å². The maximum absolute atomic E-state index is 12.1. The summed E-state index contributed by atoms with van der Waals surface area (Å²) >= 11 is 0. The smallest absolute Gasteiger partial charge is 0.232 e. The molecular formula is C16H26N2O4S. The lowest BCUT2D eigenvalue weighted by atomic mass is 10.2. The standard InChI is InChI=1S/C16H26N2O4S/c1-5-22-15-9-7-6-8-14(15)18(23(4,20)21)11-10-16(19)17-12-13(2)3/h6-9,13H,5,10-12H2,1-4H3,(H,17,19). The van der Waals surface area contributed by atoms with Gasteiger partial charge in [-0.25, -0.2) is 8.42 Å². The van der Waals surface area contributed by atoms with Crippen LogP contribution in [0.15, 0.2) is 24.3 Å². The fraction of sp³-hybridized carbons (Fsp3) is 0.562. The molecule has 0 unspecified atom stereocenters. The van der Waals surface area contributed by atoms with Gasteiger partial charge in [0.15, 0.2) is 0 Å². The second-order valence-corrected chi connectivity index (χ2v) is 7.59. The van der Waals surface area contributed by atoms with Gasteiger partial charge in [-0.1, -0.05) is 26.0 Å². The van der Waals surface area contributed by atoms with Crippen LogP contribution in [0.2, 0.25) is 0 Å². The highest BCUT2D eigenvalue weighted by atomic mass is 32.2. The zero-order valence-corrected chi connectivity index (χ0v) is 15.0. The van der Waals surface area contributed by atoms with Crippen LogP contribution in [0.1, 0.15) is 27.2 Å². The molecule has 1 N–H and O–H groups in total. The molecule has 7 heteroatoms. The lowest BCUT2D eigenvalue weighted by Crippen LogP contribution is -2.35. The normalized spacial score (nSPS) is 11.3. The second kappa shape index (κ2) is 8.76. The van der Waals surface area contributed by atoms with Crippen molar-refractivity contribution in [2.45, 2.75) is 27.2 Å². The van der Waals surface area contributed by atoms with Gasteiger partial charge >= 0.3 is 0 Å². The second-order valence-electron chi connectivity index (χ2n) is 5.68. The monoisotopic (exact) mass is 342 g/mol. The maximum Gasteiger partial charge on any atom is 0.232 e. The molecular weight excluding hydrogens is 316 g/mol. The number of nitrogens with one attached hydrogen (secondary N) is 1. The Labute approximate surface area is 138 Å². The number of carbonyl (C=O) groups excluding carboxylic acids is 1. The van der Waals surface area contributed by atoms with E-state index in [1.807, 2.05) is 20.8 Å². The van der Waals surface area contributed by atoms with E-state index in [2.05, 4.69) is 5.32 Å². The summed E-state index contributed by atoms with van der Waals surface area (Å²) in [5.74, 6) is 0.674. The van der Waals surface area contributed by atoms with Crippen molar-refractivity contribution in [2.24, 2.45) is 5.92 Å². The summed E-state index contributed by atoms with van der Waals surface area (Å²) in [5, 5.41) is 2.79. The van der Waals surface area contributed by atoms with Crippen LogP contribution < -0.4 is 14.4 Å². The van der Waals surface area contributed by atoms with Gasteiger partial charge in [0.1, 0.15) is 5.75 Å². The van der Waals surface area contributed by atoms with E-state index in [1.54, 1.807) is 24.3 Å². The van der Waals surface area contributed by atoms with Crippen LogP contribution in [0.4, 0.5) is 5.69 Å². The van der Waals surface area contributed by atoms with Crippen molar-refractivity contribution >= 4 is 21.6 Å². The van der Waals surface area contributed by atoms with E-state index in [4.69, 9.17) is 4.74 Å². The molecule has 1 rings (SSSR count). The molecule has 0 saturated heterocycles. The van der Waals surface area contributed by atoms with Crippen LogP contribution in [-0.4, -0.2) is 40.3 Å². The fourth-order valence-corrected chi connectivity index (χ4v) is 2.95. The van der Waals surface area contributed by atoms with E-state index < -0.39 is 10.0 Å². The first kappa shape index (κ1) is 19.3. The maximum atomic E-state index is 12.1. The molecule has 0 aliphatic carbocycles. The van der Waals surface area contributed by atoms with Crippen LogP contribution in [0.25, 0.3) is 0 Å². The zero-order valence-electron chi connectivity index (χ0n) is 14.2. The molecule has 0 saturated carbocycles. The lowest BCUT2D eigenvalue weighted by Gasteiger charge is -2.24. The van der Waals surface area contributed by atoms with E-state index in [-0.39, 0.29) is 18.9 Å². The average Bonchev–Trinajstić information content (AvgIpc) is 2.46.